The molecule has 0 aliphatic carbocycles. The van der Waals surface area contributed by atoms with Gasteiger partial charge in [0.2, 0.25) is 5.91 Å². The summed E-state index contributed by atoms with van der Waals surface area (Å²) in [5, 5.41) is 2.76. The quantitative estimate of drug-likeness (QED) is 0.519. The fourth-order valence-corrected chi connectivity index (χ4v) is 4.16. The van der Waals surface area contributed by atoms with Crippen LogP contribution in [-0.4, -0.2) is 46.7 Å². The fraction of sp³-hybridized carbons (Fsp3) is 0.409. The van der Waals surface area contributed by atoms with Crippen molar-refractivity contribution in [3.8, 4) is 5.75 Å². The van der Waals surface area contributed by atoms with Gasteiger partial charge in [0.05, 0.1) is 23.3 Å². The Labute approximate surface area is 179 Å². The zero-order chi connectivity index (χ0) is 22.0. The molecule has 7 nitrogen and oxygen atoms in total. The minimum Gasteiger partial charge on any atom is -0.494 e. The van der Waals surface area contributed by atoms with Crippen molar-refractivity contribution < 1.29 is 22.7 Å². The van der Waals surface area contributed by atoms with Gasteiger partial charge in [-0.05, 0) is 63.6 Å². The molecule has 0 aromatic heterocycles. The van der Waals surface area contributed by atoms with Gasteiger partial charge in [0.25, 0.3) is 10.0 Å². The third kappa shape index (κ3) is 7.03. The molecule has 0 bridgehead atoms. The second-order valence-electron chi connectivity index (χ2n) is 6.87. The number of amides is 1. The van der Waals surface area contributed by atoms with Gasteiger partial charge in [-0.25, -0.2) is 8.42 Å². The molecule has 1 amide bonds. The first-order valence-corrected chi connectivity index (χ1v) is 11.5. The van der Waals surface area contributed by atoms with Crippen molar-refractivity contribution >= 4 is 21.6 Å². The Kier molecular flexibility index (Phi) is 9.14. The SMILES string of the molecule is CCOc1ccc(N(CC(=O)NCCCOC(C)C)S(=O)(=O)c2ccccc2)cc1. The number of nitrogens with one attached hydrogen (secondary N) is 1. The minimum atomic E-state index is -3.91. The maximum absolute atomic E-state index is 13.2. The Bertz CT molecular complexity index is 884. The van der Waals surface area contributed by atoms with Crippen LogP contribution in [0.3, 0.4) is 0 Å². The number of ether oxygens (including phenoxy) is 2. The van der Waals surface area contributed by atoms with Crippen LogP contribution < -0.4 is 14.4 Å². The molecule has 2 aromatic rings. The number of hydrogen-bond acceptors (Lipinski definition) is 5. The van der Waals surface area contributed by atoms with Gasteiger partial charge in [-0.15, -0.1) is 0 Å². The van der Waals surface area contributed by atoms with Crippen LogP contribution in [0, 0.1) is 0 Å². The highest BCUT2D eigenvalue weighted by Gasteiger charge is 2.27. The summed E-state index contributed by atoms with van der Waals surface area (Å²) >= 11 is 0. The third-order valence-corrected chi connectivity index (χ3v) is 5.94. The molecule has 0 aliphatic heterocycles. The molecule has 0 atom stereocenters. The van der Waals surface area contributed by atoms with Crippen LogP contribution in [0.15, 0.2) is 59.5 Å². The van der Waals surface area contributed by atoms with Crippen molar-refractivity contribution in [3.63, 3.8) is 0 Å². The van der Waals surface area contributed by atoms with Crippen LogP contribution in [0.1, 0.15) is 27.2 Å². The van der Waals surface area contributed by atoms with Crippen LogP contribution >= 0.6 is 0 Å². The van der Waals surface area contributed by atoms with E-state index < -0.39 is 10.0 Å². The molecular weight excluding hydrogens is 404 g/mol. The molecule has 1 N–H and O–H groups in total. The standard InChI is InChI=1S/C22H30N2O5S/c1-4-28-20-13-11-19(12-14-20)24(30(26,27)21-9-6-5-7-10-21)17-22(25)23-15-8-16-29-18(2)3/h5-7,9-14,18H,4,8,15-17H2,1-3H3,(H,23,25). The van der Waals surface area contributed by atoms with E-state index in [2.05, 4.69) is 5.32 Å². The lowest BCUT2D eigenvalue weighted by atomic mass is 10.3. The van der Waals surface area contributed by atoms with Gasteiger partial charge in [0, 0.05) is 13.2 Å². The van der Waals surface area contributed by atoms with Gasteiger partial charge in [-0.2, -0.15) is 0 Å². The van der Waals surface area contributed by atoms with Gasteiger partial charge in [0.15, 0.2) is 0 Å². The van der Waals surface area contributed by atoms with Gasteiger partial charge in [0.1, 0.15) is 12.3 Å². The Morgan fingerprint density at radius 3 is 2.33 bits per heavy atom. The zero-order valence-electron chi connectivity index (χ0n) is 17.7. The molecule has 2 rings (SSSR count). The zero-order valence-corrected chi connectivity index (χ0v) is 18.5. The number of anilines is 1. The molecule has 2 aromatic carbocycles. The summed E-state index contributed by atoms with van der Waals surface area (Å²) in [5.74, 6) is 0.251. The summed E-state index contributed by atoms with van der Waals surface area (Å²) in [4.78, 5) is 12.6. The Balaban J connectivity index is 2.16. The van der Waals surface area contributed by atoms with Crippen molar-refractivity contribution in [2.45, 2.75) is 38.2 Å². The number of benzene rings is 2. The van der Waals surface area contributed by atoms with Crippen LogP contribution in [-0.2, 0) is 19.6 Å². The first-order chi connectivity index (χ1) is 14.3. The Hall–Kier alpha value is -2.58. The second-order valence-corrected chi connectivity index (χ2v) is 8.74. The van der Waals surface area contributed by atoms with Crippen molar-refractivity contribution in [1.29, 1.82) is 0 Å². The molecule has 0 fully saturated rings. The number of hydrogen-bond donors (Lipinski definition) is 1. The molecule has 0 saturated carbocycles. The van der Waals surface area contributed by atoms with Crippen LogP contribution in [0.4, 0.5) is 5.69 Å². The van der Waals surface area contributed by atoms with Gasteiger partial charge in [-0.3, -0.25) is 9.10 Å². The second kappa shape index (κ2) is 11.6. The molecule has 0 unspecified atom stereocenters. The van der Waals surface area contributed by atoms with E-state index in [9.17, 15) is 13.2 Å². The van der Waals surface area contributed by atoms with Gasteiger partial charge < -0.3 is 14.8 Å². The highest BCUT2D eigenvalue weighted by atomic mass is 32.2. The number of carbonyl (C=O) groups is 1. The minimum absolute atomic E-state index is 0.122. The van der Waals surface area contributed by atoms with Crippen LogP contribution in [0.5, 0.6) is 5.75 Å². The summed E-state index contributed by atoms with van der Waals surface area (Å²) < 4.78 is 38.4. The van der Waals surface area contributed by atoms with E-state index in [0.717, 1.165) is 4.31 Å². The molecule has 0 spiro atoms. The predicted molar refractivity (Wildman–Crippen MR) is 117 cm³/mol. The molecule has 0 aliphatic rings. The van der Waals surface area contributed by atoms with E-state index in [4.69, 9.17) is 9.47 Å². The smallest absolute Gasteiger partial charge is 0.264 e. The lowest BCUT2D eigenvalue weighted by Crippen LogP contribution is -2.41. The highest BCUT2D eigenvalue weighted by Crippen LogP contribution is 2.25. The maximum atomic E-state index is 13.2. The number of sulfonamides is 1. The van der Waals surface area contributed by atoms with Gasteiger partial charge in [-0.1, -0.05) is 18.2 Å². The summed E-state index contributed by atoms with van der Waals surface area (Å²) in [5.41, 5.74) is 0.389. The molecule has 0 radical (unpaired) electrons. The first kappa shape index (κ1) is 23.7. The summed E-state index contributed by atoms with van der Waals surface area (Å²) in [7, 11) is -3.91. The summed E-state index contributed by atoms with van der Waals surface area (Å²) in [6, 6.07) is 14.7. The van der Waals surface area contributed by atoms with E-state index in [-0.39, 0.29) is 23.5 Å². The molecular formula is C22H30N2O5S. The highest BCUT2D eigenvalue weighted by molar-refractivity contribution is 7.92. The van der Waals surface area contributed by atoms with E-state index in [0.29, 0.717) is 37.6 Å². The van der Waals surface area contributed by atoms with E-state index in [1.807, 2.05) is 20.8 Å². The lowest BCUT2D eigenvalue weighted by Gasteiger charge is -2.24. The molecule has 0 heterocycles. The number of nitrogens with zero attached hydrogens (tertiary/aromatic N) is 1. The van der Waals surface area contributed by atoms with Crippen molar-refractivity contribution in [2.75, 3.05) is 30.6 Å². The lowest BCUT2D eigenvalue weighted by molar-refractivity contribution is -0.119. The average molecular weight is 435 g/mol. The van der Waals surface area contributed by atoms with E-state index in [1.54, 1.807) is 42.5 Å². The first-order valence-electron chi connectivity index (χ1n) is 10.0. The van der Waals surface area contributed by atoms with Crippen LogP contribution in [0.2, 0.25) is 0 Å². The van der Waals surface area contributed by atoms with Crippen molar-refractivity contribution in [3.05, 3.63) is 54.6 Å². The average Bonchev–Trinajstić information content (AvgIpc) is 2.73. The molecule has 8 heteroatoms. The monoisotopic (exact) mass is 434 g/mol. The normalized spacial score (nSPS) is 11.3. The van der Waals surface area contributed by atoms with Gasteiger partial charge >= 0.3 is 0 Å². The number of carbonyl (C=O) groups excluding carboxylic acids is 1. The number of rotatable bonds is 12. The van der Waals surface area contributed by atoms with E-state index in [1.165, 1.54) is 12.1 Å². The predicted octanol–water partition coefficient (Wildman–Crippen LogP) is 3.21. The third-order valence-electron chi connectivity index (χ3n) is 4.15. The largest absolute Gasteiger partial charge is 0.494 e. The molecule has 164 valence electrons. The Morgan fingerprint density at radius 1 is 1.07 bits per heavy atom. The summed E-state index contributed by atoms with van der Waals surface area (Å²) in [6.45, 7) is 6.89. The van der Waals surface area contributed by atoms with Crippen molar-refractivity contribution in [1.82, 2.24) is 5.32 Å². The van der Waals surface area contributed by atoms with E-state index >= 15 is 0 Å². The molecule has 30 heavy (non-hydrogen) atoms. The topological polar surface area (TPSA) is 84.9 Å². The maximum Gasteiger partial charge on any atom is 0.264 e. The van der Waals surface area contributed by atoms with Crippen LogP contribution in [0.25, 0.3) is 0 Å². The molecule has 0 saturated heterocycles. The summed E-state index contributed by atoms with van der Waals surface area (Å²) in [6.07, 6.45) is 0.783. The fourth-order valence-electron chi connectivity index (χ4n) is 2.72. The Morgan fingerprint density at radius 2 is 1.73 bits per heavy atom. The van der Waals surface area contributed by atoms with Crippen molar-refractivity contribution in [2.24, 2.45) is 0 Å².